The molecule has 0 unspecified atom stereocenters. The van der Waals surface area contributed by atoms with Crippen LogP contribution in [0.1, 0.15) is 26.7 Å². The lowest BCUT2D eigenvalue weighted by molar-refractivity contribution is -0.120. The van der Waals surface area contributed by atoms with Gasteiger partial charge in [-0.15, -0.1) is 0 Å². The summed E-state index contributed by atoms with van der Waals surface area (Å²) < 4.78 is 0. The number of nitrogens with one attached hydrogen (secondary N) is 1. The Morgan fingerprint density at radius 2 is 2.09 bits per heavy atom. The van der Waals surface area contributed by atoms with Gasteiger partial charge in [-0.1, -0.05) is 13.8 Å². The molecular weight excluding hydrogens is 140 g/mol. The van der Waals surface area contributed by atoms with Gasteiger partial charge in [0.15, 0.2) is 0 Å². The van der Waals surface area contributed by atoms with Crippen LogP contribution in [0.15, 0.2) is 0 Å². The quantitative estimate of drug-likeness (QED) is 0.626. The van der Waals surface area contributed by atoms with E-state index in [1.165, 1.54) is 0 Å². The van der Waals surface area contributed by atoms with Gasteiger partial charge in [0, 0.05) is 19.5 Å². The fourth-order valence-electron chi connectivity index (χ4n) is 0.756. The highest BCUT2D eigenvalue weighted by Crippen LogP contribution is 2.04. The van der Waals surface area contributed by atoms with Crippen molar-refractivity contribution >= 4 is 5.91 Å². The third-order valence-corrected chi connectivity index (χ3v) is 1.84. The van der Waals surface area contributed by atoms with E-state index in [2.05, 4.69) is 19.2 Å². The molecule has 0 aromatic rings. The van der Waals surface area contributed by atoms with Crippen LogP contribution in [0.4, 0.5) is 0 Å². The average molecular weight is 158 g/mol. The van der Waals surface area contributed by atoms with Crippen LogP contribution >= 0.6 is 0 Å². The first-order valence-electron chi connectivity index (χ1n) is 4.04. The van der Waals surface area contributed by atoms with Crippen molar-refractivity contribution in [2.45, 2.75) is 32.7 Å². The number of rotatable bonds is 4. The van der Waals surface area contributed by atoms with Crippen LogP contribution in [0, 0.1) is 5.92 Å². The summed E-state index contributed by atoms with van der Waals surface area (Å²) in [6.45, 7) is 4.13. The number of carbonyl (C=O) groups excluding carboxylic acids is 1. The fraction of sp³-hybridized carbons (Fsp3) is 0.875. The average Bonchev–Trinajstić information content (AvgIpc) is 1.99. The smallest absolute Gasteiger partial charge is 0.219 e. The molecular formula is C8H18N2O. The molecule has 0 aliphatic heterocycles. The molecule has 11 heavy (non-hydrogen) atoms. The van der Waals surface area contributed by atoms with Crippen molar-refractivity contribution in [3.8, 4) is 0 Å². The van der Waals surface area contributed by atoms with Crippen LogP contribution in [-0.4, -0.2) is 19.0 Å². The molecule has 0 bridgehead atoms. The van der Waals surface area contributed by atoms with Crippen molar-refractivity contribution in [1.29, 1.82) is 0 Å². The first-order valence-corrected chi connectivity index (χ1v) is 4.04. The van der Waals surface area contributed by atoms with E-state index in [4.69, 9.17) is 5.73 Å². The van der Waals surface area contributed by atoms with Gasteiger partial charge in [-0.3, -0.25) is 4.79 Å². The van der Waals surface area contributed by atoms with Crippen LogP contribution in [0.25, 0.3) is 0 Å². The minimum Gasteiger partial charge on any atom is -0.359 e. The van der Waals surface area contributed by atoms with Crippen molar-refractivity contribution in [3.05, 3.63) is 0 Å². The van der Waals surface area contributed by atoms with Crippen LogP contribution in [0.3, 0.4) is 0 Å². The van der Waals surface area contributed by atoms with Crippen molar-refractivity contribution in [2.24, 2.45) is 11.7 Å². The molecule has 3 N–H and O–H groups in total. The molecule has 0 saturated carbocycles. The van der Waals surface area contributed by atoms with Crippen LogP contribution in [0.5, 0.6) is 0 Å². The van der Waals surface area contributed by atoms with Gasteiger partial charge in [-0.05, 0) is 12.3 Å². The van der Waals surface area contributed by atoms with Gasteiger partial charge < -0.3 is 11.1 Å². The van der Waals surface area contributed by atoms with Crippen LogP contribution in [0.2, 0.25) is 0 Å². The number of nitrogens with two attached hydrogens (primary N) is 1. The Kier molecular flexibility index (Phi) is 4.86. The van der Waals surface area contributed by atoms with Crippen molar-refractivity contribution in [1.82, 2.24) is 5.32 Å². The Morgan fingerprint density at radius 3 is 2.45 bits per heavy atom. The minimum absolute atomic E-state index is 0.0705. The molecule has 0 rings (SSSR count). The summed E-state index contributed by atoms with van der Waals surface area (Å²) in [5.74, 6) is 0.528. The largest absolute Gasteiger partial charge is 0.359 e. The van der Waals surface area contributed by atoms with E-state index in [-0.39, 0.29) is 11.9 Å². The lowest BCUT2D eigenvalue weighted by atomic mass is 10.0. The van der Waals surface area contributed by atoms with Crippen molar-refractivity contribution in [3.63, 3.8) is 0 Å². The highest BCUT2D eigenvalue weighted by molar-refractivity contribution is 5.75. The maximum atomic E-state index is 10.8. The Labute approximate surface area is 68.3 Å². The molecule has 66 valence electrons. The first kappa shape index (κ1) is 10.4. The van der Waals surface area contributed by atoms with E-state index in [1.807, 2.05) is 0 Å². The highest BCUT2D eigenvalue weighted by Gasteiger charge is 2.08. The second-order valence-corrected chi connectivity index (χ2v) is 3.12. The number of carbonyl (C=O) groups is 1. The van der Waals surface area contributed by atoms with E-state index in [0.717, 1.165) is 6.42 Å². The molecule has 0 aliphatic carbocycles. The summed E-state index contributed by atoms with van der Waals surface area (Å²) in [6.07, 6.45) is 1.31. The Balaban J connectivity index is 3.45. The monoisotopic (exact) mass is 158 g/mol. The maximum Gasteiger partial charge on any atom is 0.219 e. The van der Waals surface area contributed by atoms with Gasteiger partial charge in [0.05, 0.1) is 0 Å². The summed E-state index contributed by atoms with van der Waals surface area (Å²) in [7, 11) is 1.64. The molecule has 3 heteroatoms. The summed E-state index contributed by atoms with van der Waals surface area (Å²) in [4.78, 5) is 10.8. The lowest BCUT2D eigenvalue weighted by Crippen LogP contribution is -2.29. The normalized spacial score (nSPS) is 13.2. The SMILES string of the molecule is CNC(=O)CC[C@H](N)C(C)C. The van der Waals surface area contributed by atoms with E-state index in [1.54, 1.807) is 7.05 Å². The predicted molar refractivity (Wildman–Crippen MR) is 46.1 cm³/mol. The maximum absolute atomic E-state index is 10.8. The fourth-order valence-corrected chi connectivity index (χ4v) is 0.756. The molecule has 1 amide bonds. The molecule has 3 nitrogen and oxygen atoms in total. The Bertz CT molecular complexity index is 123. The Morgan fingerprint density at radius 1 is 1.55 bits per heavy atom. The lowest BCUT2D eigenvalue weighted by Gasteiger charge is -2.14. The molecule has 0 radical (unpaired) electrons. The molecule has 0 saturated heterocycles. The second kappa shape index (κ2) is 5.13. The van der Waals surface area contributed by atoms with E-state index < -0.39 is 0 Å². The van der Waals surface area contributed by atoms with Crippen molar-refractivity contribution < 1.29 is 4.79 Å². The number of amides is 1. The van der Waals surface area contributed by atoms with Gasteiger partial charge in [-0.2, -0.15) is 0 Å². The van der Waals surface area contributed by atoms with Gasteiger partial charge in [0.2, 0.25) is 5.91 Å². The number of hydrogen-bond donors (Lipinski definition) is 2. The van der Waals surface area contributed by atoms with Crippen LogP contribution in [-0.2, 0) is 4.79 Å². The molecule has 1 atom stereocenters. The topological polar surface area (TPSA) is 55.1 Å². The van der Waals surface area contributed by atoms with Gasteiger partial charge in [0.1, 0.15) is 0 Å². The minimum atomic E-state index is 0.0705. The predicted octanol–water partition coefficient (Wildman–Crippen LogP) is 0.496. The Hall–Kier alpha value is -0.570. The van der Waals surface area contributed by atoms with E-state index in [0.29, 0.717) is 12.3 Å². The van der Waals surface area contributed by atoms with E-state index in [9.17, 15) is 4.79 Å². The zero-order chi connectivity index (χ0) is 8.85. The highest BCUT2D eigenvalue weighted by atomic mass is 16.1. The summed E-state index contributed by atoms with van der Waals surface area (Å²) in [5, 5.41) is 2.56. The standard InChI is InChI=1S/C8H18N2O/c1-6(2)7(9)4-5-8(11)10-3/h6-7H,4-5,9H2,1-3H3,(H,10,11)/t7-/m0/s1. The van der Waals surface area contributed by atoms with E-state index >= 15 is 0 Å². The first-order chi connectivity index (χ1) is 5.07. The second-order valence-electron chi connectivity index (χ2n) is 3.12. The molecule has 0 aromatic heterocycles. The summed E-state index contributed by atoms with van der Waals surface area (Å²) in [6, 6.07) is 0.146. The summed E-state index contributed by atoms with van der Waals surface area (Å²) in [5.41, 5.74) is 5.74. The third kappa shape index (κ3) is 4.79. The van der Waals surface area contributed by atoms with Crippen LogP contribution < -0.4 is 11.1 Å². The van der Waals surface area contributed by atoms with Crippen molar-refractivity contribution in [2.75, 3.05) is 7.05 Å². The molecule has 0 fully saturated rings. The third-order valence-electron chi connectivity index (χ3n) is 1.84. The van der Waals surface area contributed by atoms with Gasteiger partial charge in [-0.25, -0.2) is 0 Å². The number of hydrogen-bond acceptors (Lipinski definition) is 2. The molecule has 0 aliphatic rings. The molecule has 0 aromatic carbocycles. The van der Waals surface area contributed by atoms with Gasteiger partial charge >= 0.3 is 0 Å². The molecule has 0 spiro atoms. The summed E-state index contributed by atoms with van der Waals surface area (Å²) >= 11 is 0. The van der Waals surface area contributed by atoms with Gasteiger partial charge in [0.25, 0.3) is 0 Å². The zero-order valence-electron chi connectivity index (χ0n) is 7.55. The molecule has 0 heterocycles. The zero-order valence-corrected chi connectivity index (χ0v) is 7.55.